The highest BCUT2D eigenvalue weighted by Gasteiger charge is 2.17. The largest absolute Gasteiger partial charge is 0.519 e. The lowest BCUT2D eigenvalue weighted by molar-refractivity contribution is -0.460. The van der Waals surface area contributed by atoms with Crippen LogP contribution in [0.4, 0.5) is 0 Å². The van der Waals surface area contributed by atoms with Crippen molar-refractivity contribution in [3.63, 3.8) is 0 Å². The maximum absolute atomic E-state index is 5.81. The zero-order chi connectivity index (χ0) is 15.4. The van der Waals surface area contributed by atoms with Gasteiger partial charge in [0.15, 0.2) is 11.5 Å². The van der Waals surface area contributed by atoms with E-state index in [1.54, 1.807) is 6.34 Å². The summed E-state index contributed by atoms with van der Waals surface area (Å²) in [6.45, 7) is 0. The average molecular weight is 293 g/mol. The highest BCUT2D eigenvalue weighted by atomic mass is 16.5. The van der Waals surface area contributed by atoms with Gasteiger partial charge in [0.2, 0.25) is 0 Å². The molecule has 0 bridgehead atoms. The fourth-order valence-corrected chi connectivity index (χ4v) is 2.06. The lowest BCUT2D eigenvalue weighted by atomic mass is 10.1. The number of rotatable bonds is 3. The van der Waals surface area contributed by atoms with Crippen LogP contribution in [-0.4, -0.2) is 25.0 Å². The average Bonchev–Trinajstić information content (AvgIpc) is 2.99. The number of hydrogen-bond donors (Lipinski definition) is 0. The summed E-state index contributed by atoms with van der Waals surface area (Å²) in [7, 11) is 3.78. The van der Waals surface area contributed by atoms with Gasteiger partial charge in [-0.1, -0.05) is 60.7 Å². The normalized spacial score (nSPS) is 10.3. The van der Waals surface area contributed by atoms with Crippen molar-refractivity contribution in [3.05, 3.63) is 66.4 Å². The van der Waals surface area contributed by atoms with Gasteiger partial charge in [0.05, 0.1) is 14.1 Å². The summed E-state index contributed by atoms with van der Waals surface area (Å²) in [4.78, 5) is 4.21. The quantitative estimate of drug-likeness (QED) is 0.422. The van der Waals surface area contributed by atoms with Gasteiger partial charge in [-0.2, -0.15) is 0 Å². The van der Waals surface area contributed by atoms with Crippen molar-refractivity contribution in [1.82, 2.24) is 0 Å². The molecular weight excluding hydrogens is 276 g/mol. The zero-order valence-electron chi connectivity index (χ0n) is 12.6. The fourth-order valence-electron chi connectivity index (χ4n) is 2.06. The molecule has 0 aliphatic heterocycles. The van der Waals surface area contributed by atoms with Crippen LogP contribution in [0.1, 0.15) is 0 Å². The minimum Gasteiger partial charge on any atom is -0.387 e. The third-order valence-corrected chi connectivity index (χ3v) is 3.05. The van der Waals surface area contributed by atoms with Crippen molar-refractivity contribution in [3.8, 4) is 22.6 Å². The van der Waals surface area contributed by atoms with E-state index in [1.807, 2.05) is 79.3 Å². The third kappa shape index (κ3) is 3.06. The molecule has 1 heterocycles. The Morgan fingerprint density at radius 3 is 1.64 bits per heavy atom. The molecule has 0 aliphatic carbocycles. The predicted molar refractivity (Wildman–Crippen MR) is 85.6 cm³/mol. The van der Waals surface area contributed by atoms with Gasteiger partial charge in [-0.05, 0) is 0 Å². The summed E-state index contributed by atoms with van der Waals surface area (Å²) >= 11 is 0. The van der Waals surface area contributed by atoms with Gasteiger partial charge in [0.1, 0.15) is 0 Å². The van der Waals surface area contributed by atoms with Crippen LogP contribution in [0, 0.1) is 0 Å². The molecule has 0 aliphatic rings. The Balaban J connectivity index is 2.19. The van der Waals surface area contributed by atoms with Crippen molar-refractivity contribution >= 4 is 6.34 Å². The predicted octanol–water partition coefficient (Wildman–Crippen LogP) is 3.41. The maximum atomic E-state index is 5.81. The Bertz CT molecular complexity index is 780. The summed E-state index contributed by atoms with van der Waals surface area (Å²) in [5, 5.41) is 0. The molecule has 2 aromatic carbocycles. The van der Waals surface area contributed by atoms with Gasteiger partial charge >= 0.3 is 5.75 Å². The first-order chi connectivity index (χ1) is 10.7. The van der Waals surface area contributed by atoms with E-state index in [9.17, 15) is 0 Å². The molecule has 0 amide bonds. The Morgan fingerprint density at radius 2 is 1.23 bits per heavy atom. The molecule has 22 heavy (non-hydrogen) atoms. The van der Waals surface area contributed by atoms with Gasteiger partial charge in [-0.25, -0.2) is 0 Å². The van der Waals surface area contributed by atoms with E-state index in [2.05, 4.69) is 4.99 Å². The second-order valence-corrected chi connectivity index (χ2v) is 5.07. The molecule has 4 heteroatoms. The van der Waals surface area contributed by atoms with Crippen molar-refractivity contribution in [2.75, 3.05) is 14.1 Å². The molecule has 110 valence electrons. The summed E-state index contributed by atoms with van der Waals surface area (Å²) < 4.78 is 13.5. The van der Waals surface area contributed by atoms with Crippen LogP contribution in [0.5, 0.6) is 0 Å². The van der Waals surface area contributed by atoms with Crippen molar-refractivity contribution in [2.45, 2.75) is 0 Å². The second kappa shape index (κ2) is 6.26. The summed E-state index contributed by atoms with van der Waals surface area (Å²) in [6, 6.07) is 19.8. The van der Waals surface area contributed by atoms with Gasteiger partial charge in [0.25, 0.3) is 6.34 Å². The van der Waals surface area contributed by atoms with Crippen LogP contribution in [0.3, 0.4) is 0 Å². The van der Waals surface area contributed by atoms with E-state index in [0.29, 0.717) is 11.5 Å². The van der Waals surface area contributed by atoms with E-state index in [0.717, 1.165) is 11.1 Å². The third-order valence-electron chi connectivity index (χ3n) is 3.05. The lowest BCUT2D eigenvalue weighted by Crippen LogP contribution is -2.01. The molecule has 0 fully saturated rings. The van der Waals surface area contributed by atoms with Crippen LogP contribution in [0.2, 0.25) is 0 Å². The minimum absolute atomic E-state index is 0.228. The van der Waals surface area contributed by atoms with Crippen molar-refractivity contribution < 1.29 is 13.4 Å². The first-order valence-electron chi connectivity index (χ1n) is 7.02. The minimum atomic E-state index is 0.228. The van der Waals surface area contributed by atoms with Crippen LogP contribution < -0.4 is 5.75 Å². The highest BCUT2D eigenvalue weighted by Crippen LogP contribution is 2.31. The molecule has 0 spiro atoms. The molecule has 3 aromatic rings. The molecular formula is C18H17N2O2+. The zero-order valence-corrected chi connectivity index (χ0v) is 12.6. The summed E-state index contributed by atoms with van der Waals surface area (Å²) in [5.41, 5.74) is 1.91. The molecule has 0 unspecified atom stereocenters. The van der Waals surface area contributed by atoms with E-state index in [-0.39, 0.29) is 5.75 Å². The molecule has 0 saturated carbocycles. The smallest absolute Gasteiger partial charge is 0.387 e. The monoisotopic (exact) mass is 293 g/mol. The Labute approximate surface area is 128 Å². The van der Waals surface area contributed by atoms with Gasteiger partial charge < -0.3 is 8.83 Å². The van der Waals surface area contributed by atoms with Gasteiger partial charge in [0, 0.05) is 16.1 Å². The Hall–Kier alpha value is -2.88. The second-order valence-electron chi connectivity index (χ2n) is 5.07. The van der Waals surface area contributed by atoms with E-state index in [4.69, 9.17) is 8.83 Å². The first kappa shape index (κ1) is 14.1. The molecule has 0 atom stereocenters. The van der Waals surface area contributed by atoms with Crippen LogP contribution >= 0.6 is 0 Å². The van der Waals surface area contributed by atoms with E-state index in [1.165, 1.54) is 0 Å². The van der Waals surface area contributed by atoms with Crippen molar-refractivity contribution in [1.29, 1.82) is 0 Å². The number of benzene rings is 2. The van der Waals surface area contributed by atoms with Gasteiger partial charge in [-0.15, -0.1) is 0 Å². The summed E-state index contributed by atoms with van der Waals surface area (Å²) in [6.07, 6.45) is 1.64. The highest BCUT2D eigenvalue weighted by molar-refractivity contribution is 5.74. The topological polar surface area (TPSA) is 41.6 Å². The summed E-state index contributed by atoms with van der Waals surface area (Å²) in [5.74, 6) is 1.59. The molecule has 0 N–H and O–H groups in total. The van der Waals surface area contributed by atoms with Crippen LogP contribution in [-0.2, 0) is 0 Å². The molecule has 1 aromatic heterocycles. The van der Waals surface area contributed by atoms with Crippen LogP contribution in [0.25, 0.3) is 22.6 Å². The molecule has 0 saturated heterocycles. The van der Waals surface area contributed by atoms with E-state index >= 15 is 0 Å². The lowest BCUT2D eigenvalue weighted by Gasteiger charge is -1.99. The Kier molecular flexibility index (Phi) is 4.01. The molecule has 3 rings (SSSR count). The standard InChI is InChI=1S/C18H17N2O2/c1-20(2)13-19-18-21-16(14-9-5-3-6-10-14)17(22-18)15-11-7-4-8-12-15/h3-13H,1-2H3/q+1. The first-order valence-corrected chi connectivity index (χ1v) is 7.02. The molecule has 0 radical (unpaired) electrons. The Morgan fingerprint density at radius 1 is 0.773 bits per heavy atom. The van der Waals surface area contributed by atoms with Crippen LogP contribution in [0.15, 0.2) is 74.5 Å². The maximum Gasteiger partial charge on any atom is 0.519 e. The number of nitrogens with zero attached hydrogens (tertiary/aromatic N) is 2. The van der Waals surface area contributed by atoms with E-state index < -0.39 is 0 Å². The fraction of sp³-hybridized carbons (Fsp3) is 0.111. The van der Waals surface area contributed by atoms with Crippen molar-refractivity contribution in [2.24, 2.45) is 4.99 Å². The SMILES string of the molecule is C[N+](C)=CN=c1oc(-c2ccccc2)c(-c2ccccc2)o1. The molecule has 4 nitrogen and oxygen atoms in total. The number of hydrogen-bond acceptors (Lipinski definition) is 2. The van der Waals surface area contributed by atoms with Gasteiger partial charge in [-0.3, -0.25) is 4.58 Å².